The second kappa shape index (κ2) is 12.7. The van der Waals surface area contributed by atoms with Crippen molar-refractivity contribution in [2.24, 2.45) is 0 Å². The molecule has 0 atom stereocenters. The maximum atomic E-state index is 12.8. The first-order chi connectivity index (χ1) is 18.0. The highest BCUT2D eigenvalue weighted by molar-refractivity contribution is 5.96. The fourth-order valence-electron chi connectivity index (χ4n) is 4.36. The third-order valence-electron chi connectivity index (χ3n) is 6.41. The van der Waals surface area contributed by atoms with Crippen LogP contribution < -0.4 is 19.7 Å². The van der Waals surface area contributed by atoms with Crippen LogP contribution in [-0.2, 0) is 6.61 Å². The van der Waals surface area contributed by atoms with E-state index in [9.17, 15) is 14.9 Å². The van der Waals surface area contributed by atoms with Crippen molar-refractivity contribution in [2.75, 3.05) is 51.3 Å². The Hall–Kier alpha value is -4.11. The predicted octanol–water partition coefficient (Wildman–Crippen LogP) is 4.12. The fourth-order valence-corrected chi connectivity index (χ4v) is 4.36. The van der Waals surface area contributed by atoms with Crippen LogP contribution in [-0.4, -0.2) is 62.1 Å². The Kier molecular flexibility index (Phi) is 8.93. The first-order valence-corrected chi connectivity index (χ1v) is 12.4. The first-order valence-electron chi connectivity index (χ1n) is 12.4. The summed E-state index contributed by atoms with van der Waals surface area (Å²) >= 11 is 0. The lowest BCUT2D eigenvalue weighted by molar-refractivity contribution is -0.384. The molecular formula is C28H32N4O5. The number of carbonyl (C=O) groups excluding carboxylic acids is 1. The Morgan fingerprint density at radius 1 is 0.946 bits per heavy atom. The molecule has 1 fully saturated rings. The van der Waals surface area contributed by atoms with Crippen molar-refractivity contribution >= 4 is 17.3 Å². The number of nitro groups is 1. The van der Waals surface area contributed by atoms with Gasteiger partial charge in [0, 0.05) is 44.9 Å². The number of hydrogen-bond acceptors (Lipinski definition) is 7. The Morgan fingerprint density at radius 2 is 1.62 bits per heavy atom. The lowest BCUT2D eigenvalue weighted by Gasteiger charge is -2.36. The summed E-state index contributed by atoms with van der Waals surface area (Å²) in [6, 6.07) is 21.4. The molecule has 1 N–H and O–H groups in total. The molecule has 1 heterocycles. The third kappa shape index (κ3) is 6.98. The van der Waals surface area contributed by atoms with Gasteiger partial charge in [-0.2, -0.15) is 0 Å². The summed E-state index contributed by atoms with van der Waals surface area (Å²) in [5, 5.41) is 13.8. The molecule has 194 valence electrons. The molecule has 37 heavy (non-hydrogen) atoms. The fraction of sp³-hybridized carbons (Fsp3) is 0.321. The Labute approximate surface area is 216 Å². The van der Waals surface area contributed by atoms with Gasteiger partial charge in [-0.25, -0.2) is 0 Å². The number of piperazine rings is 1. The van der Waals surface area contributed by atoms with Gasteiger partial charge in [0.2, 0.25) is 0 Å². The van der Waals surface area contributed by atoms with E-state index in [0.29, 0.717) is 17.9 Å². The summed E-state index contributed by atoms with van der Waals surface area (Å²) in [6.07, 6.45) is 0.853. The highest BCUT2D eigenvalue weighted by atomic mass is 16.6. The van der Waals surface area contributed by atoms with Gasteiger partial charge in [-0.15, -0.1) is 0 Å². The molecule has 3 aromatic rings. The van der Waals surface area contributed by atoms with E-state index < -0.39 is 4.92 Å². The molecule has 0 aliphatic carbocycles. The van der Waals surface area contributed by atoms with Crippen LogP contribution in [0.3, 0.4) is 0 Å². The molecule has 3 aromatic carbocycles. The summed E-state index contributed by atoms with van der Waals surface area (Å²) in [6.45, 7) is 5.50. The molecule has 9 nitrogen and oxygen atoms in total. The second-order valence-electron chi connectivity index (χ2n) is 8.82. The van der Waals surface area contributed by atoms with Crippen LogP contribution in [0.5, 0.6) is 11.5 Å². The molecular weight excluding hydrogens is 472 g/mol. The summed E-state index contributed by atoms with van der Waals surface area (Å²) in [5.74, 6) is 1.20. The number of anilines is 1. The molecule has 9 heteroatoms. The van der Waals surface area contributed by atoms with Crippen LogP contribution in [0, 0.1) is 10.1 Å². The third-order valence-corrected chi connectivity index (χ3v) is 6.41. The minimum absolute atomic E-state index is 0.0295. The number of nitrogens with one attached hydrogen (secondary N) is 1. The number of non-ortho nitro benzene ring substituents is 1. The minimum atomic E-state index is -0.438. The van der Waals surface area contributed by atoms with Gasteiger partial charge in [-0.1, -0.05) is 24.3 Å². The van der Waals surface area contributed by atoms with Crippen LogP contribution in [0.25, 0.3) is 0 Å². The minimum Gasteiger partial charge on any atom is -0.495 e. The van der Waals surface area contributed by atoms with Crippen LogP contribution >= 0.6 is 0 Å². The number of methoxy groups -OCH3 is 1. The molecule has 0 unspecified atom stereocenters. The maximum Gasteiger partial charge on any atom is 0.269 e. The quantitative estimate of drug-likeness (QED) is 0.238. The Balaban J connectivity index is 1.20. The smallest absolute Gasteiger partial charge is 0.269 e. The predicted molar refractivity (Wildman–Crippen MR) is 142 cm³/mol. The monoisotopic (exact) mass is 504 g/mol. The summed E-state index contributed by atoms with van der Waals surface area (Å²) < 4.78 is 11.4. The second-order valence-corrected chi connectivity index (χ2v) is 8.82. The molecule has 0 aromatic heterocycles. The van der Waals surface area contributed by atoms with Gasteiger partial charge in [0.15, 0.2) is 0 Å². The average molecular weight is 505 g/mol. The van der Waals surface area contributed by atoms with Crippen LogP contribution in [0.15, 0.2) is 72.8 Å². The number of rotatable bonds is 11. The number of para-hydroxylation sites is 3. The van der Waals surface area contributed by atoms with Gasteiger partial charge in [-0.05, 0) is 54.9 Å². The van der Waals surface area contributed by atoms with E-state index in [2.05, 4.69) is 21.2 Å². The lowest BCUT2D eigenvalue weighted by atomic mass is 10.1. The van der Waals surface area contributed by atoms with Gasteiger partial charge in [-0.3, -0.25) is 19.8 Å². The van der Waals surface area contributed by atoms with Crippen molar-refractivity contribution in [2.45, 2.75) is 13.0 Å². The van der Waals surface area contributed by atoms with E-state index in [0.717, 1.165) is 56.1 Å². The number of nitrogens with zero attached hydrogens (tertiary/aromatic N) is 3. The molecule has 0 bridgehead atoms. The SMILES string of the molecule is COc1ccccc1N1CCN(CCCNC(=O)c2ccccc2OCc2ccc([N+](=O)[O-])cc2)CC1. The number of benzene rings is 3. The molecule has 1 aliphatic rings. The van der Waals surface area contributed by atoms with Crippen molar-refractivity contribution < 1.29 is 19.2 Å². The molecule has 1 aliphatic heterocycles. The van der Waals surface area contributed by atoms with Crippen LogP contribution in [0.1, 0.15) is 22.3 Å². The Morgan fingerprint density at radius 3 is 2.32 bits per heavy atom. The average Bonchev–Trinajstić information content (AvgIpc) is 2.94. The Bertz CT molecular complexity index is 1190. The van der Waals surface area contributed by atoms with E-state index in [1.807, 2.05) is 24.3 Å². The van der Waals surface area contributed by atoms with Gasteiger partial charge in [0.25, 0.3) is 11.6 Å². The molecule has 1 amide bonds. The van der Waals surface area contributed by atoms with Gasteiger partial charge >= 0.3 is 0 Å². The van der Waals surface area contributed by atoms with Crippen molar-refractivity contribution in [1.29, 1.82) is 0 Å². The zero-order valence-corrected chi connectivity index (χ0v) is 21.0. The maximum absolute atomic E-state index is 12.8. The van der Waals surface area contributed by atoms with Crippen LogP contribution in [0.2, 0.25) is 0 Å². The van der Waals surface area contributed by atoms with Gasteiger partial charge < -0.3 is 19.7 Å². The van der Waals surface area contributed by atoms with E-state index in [-0.39, 0.29) is 18.2 Å². The number of ether oxygens (including phenoxy) is 2. The zero-order chi connectivity index (χ0) is 26.0. The number of hydrogen-bond donors (Lipinski definition) is 1. The number of amides is 1. The van der Waals surface area contributed by atoms with Crippen molar-refractivity contribution in [3.8, 4) is 11.5 Å². The number of nitro benzene ring substituents is 1. The van der Waals surface area contributed by atoms with E-state index in [1.54, 1.807) is 37.4 Å². The molecule has 0 saturated carbocycles. The summed E-state index contributed by atoms with van der Waals surface area (Å²) in [7, 11) is 1.70. The summed E-state index contributed by atoms with van der Waals surface area (Å²) in [4.78, 5) is 28.0. The molecule has 0 spiro atoms. The van der Waals surface area contributed by atoms with Crippen molar-refractivity contribution in [3.63, 3.8) is 0 Å². The van der Waals surface area contributed by atoms with E-state index in [1.165, 1.54) is 12.1 Å². The van der Waals surface area contributed by atoms with Crippen molar-refractivity contribution in [1.82, 2.24) is 10.2 Å². The van der Waals surface area contributed by atoms with E-state index in [4.69, 9.17) is 9.47 Å². The van der Waals surface area contributed by atoms with Crippen LogP contribution in [0.4, 0.5) is 11.4 Å². The molecule has 4 rings (SSSR count). The highest BCUT2D eigenvalue weighted by Gasteiger charge is 2.19. The number of carbonyl (C=O) groups is 1. The largest absolute Gasteiger partial charge is 0.495 e. The lowest BCUT2D eigenvalue weighted by Crippen LogP contribution is -2.47. The molecule has 0 radical (unpaired) electrons. The van der Waals surface area contributed by atoms with Crippen molar-refractivity contribution in [3.05, 3.63) is 94.0 Å². The first kappa shape index (κ1) is 26.0. The summed E-state index contributed by atoms with van der Waals surface area (Å²) in [5.41, 5.74) is 2.41. The van der Waals surface area contributed by atoms with E-state index >= 15 is 0 Å². The highest BCUT2D eigenvalue weighted by Crippen LogP contribution is 2.28. The topological polar surface area (TPSA) is 97.2 Å². The van der Waals surface area contributed by atoms with Gasteiger partial charge in [0.1, 0.15) is 18.1 Å². The van der Waals surface area contributed by atoms with Gasteiger partial charge in [0.05, 0.1) is 23.3 Å². The standard InChI is InChI=1S/C28H32N4O5/c1-36-27-10-5-3-8-25(27)31-19-17-30(18-20-31)16-6-15-29-28(33)24-7-2-4-9-26(24)37-21-22-11-13-23(14-12-22)32(34)35/h2-5,7-14H,6,15-21H2,1H3,(H,29,33). The zero-order valence-electron chi connectivity index (χ0n) is 21.0. The molecule has 1 saturated heterocycles. The normalized spacial score (nSPS) is 13.7.